The molecule has 1 aromatic rings. The van der Waals surface area contributed by atoms with E-state index in [1.165, 1.54) is 0 Å². The summed E-state index contributed by atoms with van der Waals surface area (Å²) in [7, 11) is 0. The largest absolute Gasteiger partial charge is 0.378 e. The molecule has 0 amide bonds. The number of ether oxygens (including phenoxy) is 1. The number of hydrogen-bond donors (Lipinski definition) is 0. The van der Waals surface area contributed by atoms with Gasteiger partial charge in [-0.3, -0.25) is 4.79 Å². The number of benzene rings is 1. The van der Waals surface area contributed by atoms with E-state index < -0.39 is 0 Å². The molecule has 80 valence electrons. The highest BCUT2D eigenvalue weighted by molar-refractivity contribution is 6.31. The van der Waals surface area contributed by atoms with E-state index in [4.69, 9.17) is 16.3 Å². The molecule has 2 rings (SSSR count). The summed E-state index contributed by atoms with van der Waals surface area (Å²) < 4.78 is 5.26. The predicted molar refractivity (Wildman–Crippen MR) is 59.9 cm³/mol. The van der Waals surface area contributed by atoms with Gasteiger partial charge in [-0.05, 0) is 18.2 Å². The molecular weight excluding hydrogens is 214 g/mol. The molecule has 1 heterocycles. The zero-order chi connectivity index (χ0) is 10.7. The molecule has 0 aromatic heterocycles. The topological polar surface area (TPSA) is 29.5 Å². The highest BCUT2D eigenvalue weighted by Gasteiger charge is 2.12. The third kappa shape index (κ3) is 2.49. The fourth-order valence-corrected chi connectivity index (χ4v) is 1.91. The van der Waals surface area contributed by atoms with Gasteiger partial charge in [0, 0.05) is 29.4 Å². The minimum atomic E-state index is 0.598. The smallest absolute Gasteiger partial charge is 0.150 e. The zero-order valence-corrected chi connectivity index (χ0v) is 9.04. The Morgan fingerprint density at radius 2 is 2.00 bits per heavy atom. The van der Waals surface area contributed by atoms with Crippen molar-refractivity contribution in [3.63, 3.8) is 0 Å². The van der Waals surface area contributed by atoms with Crippen LogP contribution in [0.15, 0.2) is 18.2 Å². The van der Waals surface area contributed by atoms with Gasteiger partial charge in [0.15, 0.2) is 0 Å². The Bertz CT molecular complexity index is 362. The second kappa shape index (κ2) is 4.64. The molecule has 1 aliphatic heterocycles. The van der Waals surface area contributed by atoms with Crippen LogP contribution in [0.1, 0.15) is 10.4 Å². The Labute approximate surface area is 93.6 Å². The van der Waals surface area contributed by atoms with Crippen molar-refractivity contribution in [1.82, 2.24) is 0 Å². The lowest BCUT2D eigenvalue weighted by molar-refractivity contribution is 0.112. The normalized spacial score (nSPS) is 16.5. The van der Waals surface area contributed by atoms with Crippen LogP contribution in [0.3, 0.4) is 0 Å². The third-order valence-corrected chi connectivity index (χ3v) is 2.64. The van der Waals surface area contributed by atoms with Gasteiger partial charge in [-0.15, -0.1) is 0 Å². The van der Waals surface area contributed by atoms with Gasteiger partial charge in [0.05, 0.1) is 13.2 Å². The number of nitrogens with zero attached hydrogens (tertiary/aromatic N) is 1. The van der Waals surface area contributed by atoms with E-state index in [1.807, 2.05) is 12.1 Å². The summed E-state index contributed by atoms with van der Waals surface area (Å²) in [5.74, 6) is 0. The summed E-state index contributed by atoms with van der Waals surface area (Å²) in [5, 5.41) is 0.598. The molecule has 1 saturated heterocycles. The molecule has 3 nitrogen and oxygen atoms in total. The first-order valence-electron chi connectivity index (χ1n) is 4.88. The van der Waals surface area contributed by atoms with E-state index in [1.54, 1.807) is 6.07 Å². The monoisotopic (exact) mass is 225 g/mol. The van der Waals surface area contributed by atoms with Crippen LogP contribution in [0.2, 0.25) is 5.02 Å². The molecule has 1 fully saturated rings. The van der Waals surface area contributed by atoms with E-state index in [0.29, 0.717) is 10.6 Å². The molecule has 0 spiro atoms. The molecule has 1 aliphatic rings. The Morgan fingerprint density at radius 1 is 1.27 bits per heavy atom. The van der Waals surface area contributed by atoms with Gasteiger partial charge in [-0.2, -0.15) is 0 Å². The predicted octanol–water partition coefficient (Wildman–Crippen LogP) is 1.99. The van der Waals surface area contributed by atoms with E-state index in [-0.39, 0.29) is 0 Å². The van der Waals surface area contributed by atoms with Crippen LogP contribution in [-0.4, -0.2) is 32.6 Å². The number of rotatable bonds is 2. The van der Waals surface area contributed by atoms with Crippen LogP contribution >= 0.6 is 11.6 Å². The molecule has 0 unspecified atom stereocenters. The number of carbonyl (C=O) groups excluding carboxylic acids is 1. The van der Waals surface area contributed by atoms with E-state index >= 15 is 0 Å². The molecule has 1 aromatic carbocycles. The van der Waals surface area contributed by atoms with Crippen LogP contribution in [0, 0.1) is 0 Å². The molecule has 0 aliphatic carbocycles. The minimum absolute atomic E-state index is 0.598. The molecule has 0 bridgehead atoms. The first kappa shape index (κ1) is 10.5. The van der Waals surface area contributed by atoms with Crippen molar-refractivity contribution in [2.75, 3.05) is 31.2 Å². The summed E-state index contributed by atoms with van der Waals surface area (Å²) >= 11 is 5.93. The standard InChI is InChI=1S/C11H12ClNO2/c12-10-5-9(8-14)6-11(7-10)13-1-3-15-4-2-13/h5-8H,1-4H2. The fourth-order valence-electron chi connectivity index (χ4n) is 1.67. The lowest BCUT2D eigenvalue weighted by Crippen LogP contribution is -2.36. The Kier molecular flexibility index (Phi) is 3.23. The summed E-state index contributed by atoms with van der Waals surface area (Å²) in [6.07, 6.45) is 0.815. The van der Waals surface area contributed by atoms with Crippen LogP contribution < -0.4 is 4.90 Å². The summed E-state index contributed by atoms with van der Waals surface area (Å²) in [4.78, 5) is 12.9. The second-order valence-corrected chi connectivity index (χ2v) is 3.90. The molecule has 4 heteroatoms. The van der Waals surface area contributed by atoms with Gasteiger partial charge in [0.1, 0.15) is 6.29 Å². The molecule has 15 heavy (non-hydrogen) atoms. The Hall–Kier alpha value is -1.06. The van der Waals surface area contributed by atoms with Crippen LogP contribution in [0.25, 0.3) is 0 Å². The van der Waals surface area contributed by atoms with Crippen molar-refractivity contribution in [1.29, 1.82) is 0 Å². The molecule has 0 atom stereocenters. The van der Waals surface area contributed by atoms with Crippen LogP contribution in [-0.2, 0) is 4.74 Å². The van der Waals surface area contributed by atoms with Crippen LogP contribution in [0.4, 0.5) is 5.69 Å². The molecule has 0 saturated carbocycles. The molecular formula is C11H12ClNO2. The van der Waals surface area contributed by atoms with Gasteiger partial charge >= 0.3 is 0 Å². The number of carbonyl (C=O) groups is 1. The summed E-state index contributed by atoms with van der Waals surface area (Å²) in [5.41, 5.74) is 1.61. The highest BCUT2D eigenvalue weighted by Crippen LogP contribution is 2.22. The fraction of sp³-hybridized carbons (Fsp3) is 0.364. The van der Waals surface area contributed by atoms with Gasteiger partial charge < -0.3 is 9.64 Å². The van der Waals surface area contributed by atoms with Crippen molar-refractivity contribution in [2.45, 2.75) is 0 Å². The maximum atomic E-state index is 10.7. The quantitative estimate of drug-likeness (QED) is 0.721. The number of halogens is 1. The summed E-state index contributed by atoms with van der Waals surface area (Å²) in [6, 6.07) is 5.39. The van der Waals surface area contributed by atoms with Crippen molar-refractivity contribution in [2.24, 2.45) is 0 Å². The average Bonchev–Trinajstić information content (AvgIpc) is 2.29. The number of anilines is 1. The first-order chi connectivity index (χ1) is 7.29. The van der Waals surface area contributed by atoms with Gasteiger partial charge in [0.2, 0.25) is 0 Å². The lowest BCUT2D eigenvalue weighted by atomic mass is 10.2. The third-order valence-electron chi connectivity index (χ3n) is 2.42. The van der Waals surface area contributed by atoms with Gasteiger partial charge in [-0.1, -0.05) is 11.6 Å². The second-order valence-electron chi connectivity index (χ2n) is 3.46. The van der Waals surface area contributed by atoms with Gasteiger partial charge in [0.25, 0.3) is 0 Å². The first-order valence-corrected chi connectivity index (χ1v) is 5.26. The van der Waals surface area contributed by atoms with Crippen molar-refractivity contribution < 1.29 is 9.53 Å². The lowest BCUT2D eigenvalue weighted by Gasteiger charge is -2.29. The van der Waals surface area contributed by atoms with Crippen molar-refractivity contribution in [3.8, 4) is 0 Å². The number of hydrogen-bond acceptors (Lipinski definition) is 3. The van der Waals surface area contributed by atoms with Gasteiger partial charge in [-0.25, -0.2) is 0 Å². The van der Waals surface area contributed by atoms with E-state index in [0.717, 1.165) is 38.3 Å². The van der Waals surface area contributed by atoms with Crippen LogP contribution in [0.5, 0.6) is 0 Å². The van der Waals surface area contributed by atoms with Crippen molar-refractivity contribution in [3.05, 3.63) is 28.8 Å². The van der Waals surface area contributed by atoms with E-state index in [2.05, 4.69) is 4.90 Å². The minimum Gasteiger partial charge on any atom is -0.378 e. The number of morpholine rings is 1. The number of aldehydes is 1. The maximum Gasteiger partial charge on any atom is 0.150 e. The highest BCUT2D eigenvalue weighted by atomic mass is 35.5. The summed E-state index contributed by atoms with van der Waals surface area (Å²) in [6.45, 7) is 3.14. The zero-order valence-electron chi connectivity index (χ0n) is 8.28. The Balaban J connectivity index is 2.25. The molecule has 0 radical (unpaired) electrons. The molecule has 0 N–H and O–H groups in total. The van der Waals surface area contributed by atoms with E-state index in [9.17, 15) is 4.79 Å². The average molecular weight is 226 g/mol. The van der Waals surface area contributed by atoms with Crippen molar-refractivity contribution >= 4 is 23.6 Å². The maximum absolute atomic E-state index is 10.7. The Morgan fingerprint density at radius 3 is 2.67 bits per heavy atom. The SMILES string of the molecule is O=Cc1cc(Cl)cc(N2CCOCC2)c1.